The molecule has 0 aromatic heterocycles. The van der Waals surface area contributed by atoms with Crippen LogP contribution in [0.2, 0.25) is 0 Å². The normalized spacial score (nSPS) is 17.0. The summed E-state index contributed by atoms with van der Waals surface area (Å²) in [5, 5.41) is 10.2. The molecule has 0 saturated carbocycles. The van der Waals surface area contributed by atoms with Crippen molar-refractivity contribution in [3.8, 4) is 0 Å². The van der Waals surface area contributed by atoms with E-state index in [0.29, 0.717) is 0 Å². The minimum absolute atomic E-state index is 0.753. The van der Waals surface area contributed by atoms with Gasteiger partial charge in [-0.1, -0.05) is 19.1 Å². The fourth-order valence-corrected chi connectivity index (χ4v) is 2.67. The van der Waals surface area contributed by atoms with Gasteiger partial charge in [0.05, 0.1) is 5.60 Å². The third-order valence-electron chi connectivity index (χ3n) is 3.87. The molecule has 1 N–H and O–H groups in total. The minimum atomic E-state index is -0.753. The smallest absolute Gasteiger partial charge is 0.0841 e. The number of hydrogen-bond acceptors (Lipinski definition) is 2. The third-order valence-corrected chi connectivity index (χ3v) is 3.87. The van der Waals surface area contributed by atoms with Gasteiger partial charge in [-0.3, -0.25) is 0 Å². The van der Waals surface area contributed by atoms with E-state index in [1.807, 2.05) is 13.8 Å². The van der Waals surface area contributed by atoms with Crippen molar-refractivity contribution in [2.24, 2.45) is 0 Å². The van der Waals surface area contributed by atoms with Crippen LogP contribution in [0.25, 0.3) is 0 Å². The van der Waals surface area contributed by atoms with Gasteiger partial charge >= 0.3 is 0 Å². The molecule has 2 heteroatoms. The summed E-state index contributed by atoms with van der Waals surface area (Å²) in [4.78, 5) is 2.48. The molecule has 0 spiro atoms. The highest BCUT2D eigenvalue weighted by molar-refractivity contribution is 5.56. The van der Waals surface area contributed by atoms with E-state index >= 15 is 0 Å². The first-order chi connectivity index (χ1) is 8.52. The van der Waals surface area contributed by atoms with Gasteiger partial charge in [-0.25, -0.2) is 0 Å². The average Bonchev–Trinajstić information content (AvgIpc) is 2.38. The molecule has 1 aromatic carbocycles. The van der Waals surface area contributed by atoms with Crippen LogP contribution in [0.5, 0.6) is 0 Å². The molecule has 1 aliphatic heterocycles. The van der Waals surface area contributed by atoms with Crippen LogP contribution in [0.1, 0.15) is 51.2 Å². The molecule has 0 radical (unpaired) electrons. The van der Waals surface area contributed by atoms with Gasteiger partial charge in [-0.2, -0.15) is 0 Å². The lowest BCUT2D eigenvalue weighted by atomic mass is 9.94. The Morgan fingerprint density at radius 1 is 1.17 bits per heavy atom. The second-order valence-corrected chi connectivity index (χ2v) is 5.80. The van der Waals surface area contributed by atoms with E-state index in [1.54, 1.807) is 0 Å². The maximum Gasteiger partial charge on any atom is 0.0841 e. The summed E-state index contributed by atoms with van der Waals surface area (Å²) in [6, 6.07) is 6.42. The van der Waals surface area contributed by atoms with Gasteiger partial charge in [0.2, 0.25) is 0 Å². The van der Waals surface area contributed by atoms with Crippen LogP contribution in [-0.4, -0.2) is 18.2 Å². The van der Waals surface area contributed by atoms with Gasteiger partial charge < -0.3 is 10.0 Å². The second kappa shape index (κ2) is 5.31. The highest BCUT2D eigenvalue weighted by Crippen LogP contribution is 2.30. The van der Waals surface area contributed by atoms with Crippen LogP contribution in [0.15, 0.2) is 18.2 Å². The van der Waals surface area contributed by atoms with E-state index < -0.39 is 5.60 Å². The number of aryl methyl sites for hydroxylation is 1. The minimum Gasteiger partial charge on any atom is -0.386 e. The summed E-state index contributed by atoms with van der Waals surface area (Å²) in [7, 11) is 0. The zero-order valence-corrected chi connectivity index (χ0v) is 11.9. The van der Waals surface area contributed by atoms with Crippen molar-refractivity contribution in [2.45, 2.75) is 52.1 Å². The first-order valence-electron chi connectivity index (χ1n) is 7.13. The van der Waals surface area contributed by atoms with Crippen LogP contribution in [0, 0.1) is 0 Å². The molecule has 0 amide bonds. The topological polar surface area (TPSA) is 23.5 Å². The fraction of sp³-hybridized carbons (Fsp3) is 0.625. The monoisotopic (exact) mass is 247 g/mol. The zero-order chi connectivity index (χ0) is 13.2. The standard InChI is InChI=1S/C16H25NO/c1-4-13-8-9-14(16(2,3)18)12-15(13)17-10-6-5-7-11-17/h8-9,12,18H,4-7,10-11H2,1-3H3. The highest BCUT2D eigenvalue weighted by Gasteiger charge is 2.20. The second-order valence-electron chi connectivity index (χ2n) is 5.80. The Morgan fingerprint density at radius 3 is 2.39 bits per heavy atom. The Balaban J connectivity index is 2.35. The molecule has 2 nitrogen and oxygen atoms in total. The zero-order valence-electron chi connectivity index (χ0n) is 11.9. The van der Waals surface area contributed by atoms with Gasteiger partial charge in [0.25, 0.3) is 0 Å². The molecule has 0 aliphatic carbocycles. The largest absolute Gasteiger partial charge is 0.386 e. The van der Waals surface area contributed by atoms with E-state index in [9.17, 15) is 5.11 Å². The highest BCUT2D eigenvalue weighted by atomic mass is 16.3. The molecule has 0 bridgehead atoms. The SMILES string of the molecule is CCc1ccc(C(C)(C)O)cc1N1CCCCC1. The van der Waals surface area contributed by atoms with Crippen molar-refractivity contribution in [1.82, 2.24) is 0 Å². The van der Waals surface area contributed by atoms with Crippen molar-refractivity contribution in [3.05, 3.63) is 29.3 Å². The summed E-state index contributed by atoms with van der Waals surface area (Å²) in [5.41, 5.74) is 2.98. The van der Waals surface area contributed by atoms with E-state index in [-0.39, 0.29) is 0 Å². The maximum absolute atomic E-state index is 10.2. The molecular formula is C16H25NO. The van der Waals surface area contributed by atoms with Gasteiger partial charge in [0, 0.05) is 18.8 Å². The van der Waals surface area contributed by atoms with Crippen LogP contribution >= 0.6 is 0 Å². The number of hydrogen-bond donors (Lipinski definition) is 1. The summed E-state index contributed by atoms with van der Waals surface area (Å²) in [5.74, 6) is 0. The third kappa shape index (κ3) is 2.86. The number of rotatable bonds is 3. The lowest BCUT2D eigenvalue weighted by molar-refractivity contribution is 0.0786. The molecule has 1 heterocycles. The van der Waals surface area contributed by atoms with Gasteiger partial charge in [-0.05, 0) is 56.7 Å². The lowest BCUT2D eigenvalue weighted by Gasteiger charge is -2.32. The molecule has 0 atom stereocenters. The predicted octanol–water partition coefficient (Wildman–Crippen LogP) is 3.47. The lowest BCUT2D eigenvalue weighted by Crippen LogP contribution is -2.30. The van der Waals surface area contributed by atoms with Crippen molar-refractivity contribution in [3.63, 3.8) is 0 Å². The fourth-order valence-electron chi connectivity index (χ4n) is 2.67. The van der Waals surface area contributed by atoms with Gasteiger partial charge in [-0.15, -0.1) is 0 Å². The number of anilines is 1. The molecule has 100 valence electrons. The Labute approximate surface area is 111 Å². The number of piperidine rings is 1. The maximum atomic E-state index is 10.2. The molecule has 1 aromatic rings. The Morgan fingerprint density at radius 2 is 1.83 bits per heavy atom. The van der Waals surface area contributed by atoms with Crippen LogP contribution in [0.4, 0.5) is 5.69 Å². The summed E-state index contributed by atoms with van der Waals surface area (Å²) in [6.45, 7) is 8.22. The molecule has 2 rings (SSSR count). The molecule has 18 heavy (non-hydrogen) atoms. The predicted molar refractivity (Wildman–Crippen MR) is 77.1 cm³/mol. The van der Waals surface area contributed by atoms with Crippen molar-refractivity contribution in [2.75, 3.05) is 18.0 Å². The van der Waals surface area contributed by atoms with Crippen LogP contribution in [-0.2, 0) is 12.0 Å². The average molecular weight is 247 g/mol. The van der Waals surface area contributed by atoms with Crippen molar-refractivity contribution >= 4 is 5.69 Å². The van der Waals surface area contributed by atoms with E-state index in [4.69, 9.17) is 0 Å². The van der Waals surface area contributed by atoms with E-state index in [2.05, 4.69) is 30.0 Å². The Hall–Kier alpha value is -1.02. The Bertz CT molecular complexity index is 400. The first-order valence-corrected chi connectivity index (χ1v) is 7.13. The molecule has 0 unspecified atom stereocenters. The van der Waals surface area contributed by atoms with Crippen LogP contribution in [0.3, 0.4) is 0 Å². The molecule has 1 aliphatic rings. The molecule has 1 fully saturated rings. The Kier molecular flexibility index (Phi) is 3.96. The summed E-state index contributed by atoms with van der Waals surface area (Å²) in [6.07, 6.45) is 4.98. The summed E-state index contributed by atoms with van der Waals surface area (Å²) < 4.78 is 0. The first kappa shape index (κ1) is 13.4. The van der Waals surface area contributed by atoms with Gasteiger partial charge in [0.15, 0.2) is 0 Å². The quantitative estimate of drug-likeness (QED) is 0.884. The van der Waals surface area contributed by atoms with E-state index in [0.717, 1.165) is 25.1 Å². The van der Waals surface area contributed by atoms with Crippen molar-refractivity contribution in [1.29, 1.82) is 0 Å². The number of benzene rings is 1. The summed E-state index contributed by atoms with van der Waals surface area (Å²) >= 11 is 0. The van der Waals surface area contributed by atoms with Crippen LogP contribution < -0.4 is 4.90 Å². The number of aliphatic hydroxyl groups is 1. The van der Waals surface area contributed by atoms with Crippen molar-refractivity contribution < 1.29 is 5.11 Å². The van der Waals surface area contributed by atoms with E-state index in [1.165, 1.54) is 30.5 Å². The van der Waals surface area contributed by atoms with Gasteiger partial charge in [0.1, 0.15) is 0 Å². The molecular weight excluding hydrogens is 222 g/mol. The molecule has 1 saturated heterocycles. The number of nitrogens with zero attached hydrogens (tertiary/aromatic N) is 1.